The molecule has 1 heterocycles. The molecule has 25 heavy (non-hydrogen) atoms. The molecule has 0 fully saturated rings. The molecule has 1 aromatic rings. The Bertz CT molecular complexity index is 797. The average Bonchev–Trinajstić information content (AvgIpc) is 2.54. The standard InChI is InChI=1S/C21H23FO3/c1-5-6-18(22)9-7-13(2)20(21(23)24)16-8-10-19-17(12-16)11-14(3)15(4)25-19/h6-12,15H,5H2,1-4H3,(H,23,24). The summed E-state index contributed by atoms with van der Waals surface area (Å²) in [5.41, 5.74) is 3.12. The molecule has 0 saturated heterocycles. The minimum atomic E-state index is -1.05. The van der Waals surface area contributed by atoms with Crippen molar-refractivity contribution in [3.05, 3.63) is 64.5 Å². The Labute approximate surface area is 147 Å². The smallest absolute Gasteiger partial charge is 0.336 e. The summed E-state index contributed by atoms with van der Waals surface area (Å²) in [5, 5.41) is 9.62. The second-order valence-corrected chi connectivity index (χ2v) is 6.09. The van der Waals surface area contributed by atoms with Crippen molar-refractivity contribution in [3.8, 4) is 5.75 Å². The second kappa shape index (κ2) is 7.97. The maximum Gasteiger partial charge on any atom is 0.336 e. The Balaban J connectivity index is 2.46. The lowest BCUT2D eigenvalue weighted by atomic mass is 9.96. The fourth-order valence-corrected chi connectivity index (χ4v) is 2.64. The van der Waals surface area contributed by atoms with E-state index >= 15 is 0 Å². The molecule has 1 aliphatic heterocycles. The fourth-order valence-electron chi connectivity index (χ4n) is 2.64. The number of aliphatic carboxylic acids is 1. The minimum absolute atomic E-state index is 0.00540. The summed E-state index contributed by atoms with van der Waals surface area (Å²) < 4.78 is 19.3. The SMILES string of the molecule is CCC=C(F)C=CC(C)=C(C(=O)O)c1ccc2c(c1)C=C(C)C(C)O2. The van der Waals surface area contributed by atoms with Crippen LogP contribution in [0.5, 0.6) is 5.75 Å². The monoisotopic (exact) mass is 342 g/mol. The first kappa shape index (κ1) is 18.7. The molecular formula is C21H23FO3. The summed E-state index contributed by atoms with van der Waals surface area (Å²) in [6, 6.07) is 5.30. The zero-order valence-electron chi connectivity index (χ0n) is 15.0. The van der Waals surface area contributed by atoms with Crippen molar-refractivity contribution in [2.75, 3.05) is 0 Å². The van der Waals surface area contributed by atoms with Crippen LogP contribution in [0.25, 0.3) is 11.6 Å². The first-order valence-corrected chi connectivity index (χ1v) is 8.30. The molecule has 1 aliphatic rings. The van der Waals surface area contributed by atoms with Crippen molar-refractivity contribution < 1.29 is 19.0 Å². The Hall–Kier alpha value is -2.62. The number of hydrogen-bond donors (Lipinski definition) is 1. The number of carbonyl (C=O) groups is 1. The highest BCUT2D eigenvalue weighted by Crippen LogP contribution is 2.33. The quantitative estimate of drug-likeness (QED) is 0.564. The largest absolute Gasteiger partial charge is 0.486 e. The number of allylic oxidation sites excluding steroid dienone is 5. The number of fused-ring (bicyclic) bond motifs is 1. The van der Waals surface area contributed by atoms with Crippen molar-refractivity contribution in [2.24, 2.45) is 0 Å². The number of halogens is 1. The Kier molecular flexibility index (Phi) is 5.97. The minimum Gasteiger partial charge on any atom is -0.486 e. The van der Waals surface area contributed by atoms with Gasteiger partial charge in [0.15, 0.2) is 0 Å². The van der Waals surface area contributed by atoms with E-state index in [1.54, 1.807) is 25.1 Å². The number of carboxylic acids is 1. The molecule has 4 heteroatoms. The third-order valence-corrected chi connectivity index (χ3v) is 4.13. The number of carboxylic acid groups (broad SMARTS) is 1. The number of hydrogen-bond acceptors (Lipinski definition) is 2. The van der Waals surface area contributed by atoms with E-state index in [0.717, 1.165) is 16.9 Å². The van der Waals surface area contributed by atoms with Gasteiger partial charge in [-0.3, -0.25) is 0 Å². The van der Waals surface area contributed by atoms with E-state index in [1.807, 2.05) is 26.8 Å². The van der Waals surface area contributed by atoms with Gasteiger partial charge in [0.05, 0.1) is 5.57 Å². The zero-order chi connectivity index (χ0) is 18.6. The molecule has 1 N–H and O–H groups in total. The molecule has 1 unspecified atom stereocenters. The van der Waals surface area contributed by atoms with Crippen molar-refractivity contribution in [3.63, 3.8) is 0 Å². The van der Waals surface area contributed by atoms with E-state index in [0.29, 0.717) is 17.6 Å². The van der Waals surface area contributed by atoms with E-state index in [-0.39, 0.29) is 17.5 Å². The van der Waals surface area contributed by atoms with Gasteiger partial charge < -0.3 is 9.84 Å². The van der Waals surface area contributed by atoms with Crippen LogP contribution in [0.3, 0.4) is 0 Å². The normalized spacial score (nSPS) is 18.4. The van der Waals surface area contributed by atoms with E-state index in [1.165, 1.54) is 18.2 Å². The summed E-state index contributed by atoms with van der Waals surface area (Å²) in [4.78, 5) is 11.7. The van der Waals surface area contributed by atoms with Crippen LogP contribution in [-0.2, 0) is 4.79 Å². The molecule has 2 rings (SSSR count). The van der Waals surface area contributed by atoms with Crippen LogP contribution in [-0.4, -0.2) is 17.2 Å². The van der Waals surface area contributed by atoms with Crippen LogP contribution < -0.4 is 4.74 Å². The van der Waals surface area contributed by atoms with Crippen LogP contribution in [0, 0.1) is 0 Å². The topological polar surface area (TPSA) is 46.5 Å². The van der Waals surface area contributed by atoms with Gasteiger partial charge in [-0.15, -0.1) is 0 Å². The van der Waals surface area contributed by atoms with Gasteiger partial charge in [0.1, 0.15) is 17.7 Å². The predicted octanol–water partition coefficient (Wildman–Crippen LogP) is 5.55. The summed E-state index contributed by atoms with van der Waals surface area (Å²) in [6.07, 6.45) is 6.81. The molecule has 0 radical (unpaired) electrons. The van der Waals surface area contributed by atoms with Crippen LogP contribution in [0.1, 0.15) is 45.2 Å². The summed E-state index contributed by atoms with van der Waals surface area (Å²) in [5.74, 6) is -0.692. The van der Waals surface area contributed by atoms with E-state index in [2.05, 4.69) is 0 Å². The van der Waals surface area contributed by atoms with Gasteiger partial charge >= 0.3 is 5.97 Å². The number of ether oxygens (including phenoxy) is 1. The molecule has 0 aliphatic carbocycles. The molecule has 0 amide bonds. The molecule has 0 saturated carbocycles. The number of benzene rings is 1. The highest BCUT2D eigenvalue weighted by Gasteiger charge is 2.19. The van der Waals surface area contributed by atoms with E-state index in [4.69, 9.17) is 4.74 Å². The third kappa shape index (κ3) is 4.47. The molecule has 132 valence electrons. The summed E-state index contributed by atoms with van der Waals surface area (Å²) in [7, 11) is 0. The van der Waals surface area contributed by atoms with Gasteiger partial charge in [-0.1, -0.05) is 19.1 Å². The molecule has 3 nitrogen and oxygen atoms in total. The Morgan fingerprint density at radius 1 is 1.36 bits per heavy atom. The van der Waals surface area contributed by atoms with Crippen LogP contribution >= 0.6 is 0 Å². The van der Waals surface area contributed by atoms with Crippen LogP contribution in [0.2, 0.25) is 0 Å². The molecule has 1 atom stereocenters. The lowest BCUT2D eigenvalue weighted by molar-refractivity contribution is -0.130. The van der Waals surface area contributed by atoms with Gasteiger partial charge in [0, 0.05) is 5.56 Å². The van der Waals surface area contributed by atoms with Gasteiger partial charge in [0.25, 0.3) is 0 Å². The second-order valence-electron chi connectivity index (χ2n) is 6.09. The first-order valence-electron chi connectivity index (χ1n) is 8.30. The van der Waals surface area contributed by atoms with Gasteiger partial charge in [-0.05, 0) is 74.3 Å². The van der Waals surface area contributed by atoms with Crippen molar-refractivity contribution >= 4 is 17.6 Å². The molecule has 0 spiro atoms. The van der Waals surface area contributed by atoms with Crippen molar-refractivity contribution in [1.82, 2.24) is 0 Å². The Morgan fingerprint density at radius 2 is 2.08 bits per heavy atom. The van der Waals surface area contributed by atoms with Crippen molar-refractivity contribution in [2.45, 2.75) is 40.2 Å². The third-order valence-electron chi connectivity index (χ3n) is 4.13. The van der Waals surface area contributed by atoms with Gasteiger partial charge in [0.2, 0.25) is 0 Å². The molecular weight excluding hydrogens is 319 g/mol. The highest BCUT2D eigenvalue weighted by atomic mass is 19.1. The molecule has 0 bridgehead atoms. The first-order chi connectivity index (χ1) is 11.8. The average molecular weight is 342 g/mol. The lowest BCUT2D eigenvalue weighted by Crippen LogP contribution is -2.17. The predicted molar refractivity (Wildman–Crippen MR) is 99.0 cm³/mol. The van der Waals surface area contributed by atoms with E-state index < -0.39 is 5.97 Å². The molecule has 1 aromatic carbocycles. The van der Waals surface area contributed by atoms with Gasteiger partial charge in [-0.2, -0.15) is 0 Å². The lowest BCUT2D eigenvalue weighted by Gasteiger charge is -2.23. The summed E-state index contributed by atoms with van der Waals surface area (Å²) >= 11 is 0. The van der Waals surface area contributed by atoms with Gasteiger partial charge in [-0.25, -0.2) is 9.18 Å². The van der Waals surface area contributed by atoms with Crippen molar-refractivity contribution in [1.29, 1.82) is 0 Å². The summed E-state index contributed by atoms with van der Waals surface area (Å²) in [6.45, 7) is 7.45. The maximum absolute atomic E-state index is 13.5. The Morgan fingerprint density at radius 3 is 2.72 bits per heavy atom. The highest BCUT2D eigenvalue weighted by molar-refractivity contribution is 6.17. The van der Waals surface area contributed by atoms with Crippen LogP contribution in [0.15, 0.2) is 53.4 Å². The fraction of sp³-hybridized carbons (Fsp3) is 0.286. The van der Waals surface area contributed by atoms with E-state index in [9.17, 15) is 14.3 Å². The maximum atomic E-state index is 13.5. The molecule has 0 aromatic heterocycles. The zero-order valence-corrected chi connectivity index (χ0v) is 15.0. The number of rotatable bonds is 5. The van der Waals surface area contributed by atoms with Crippen LogP contribution in [0.4, 0.5) is 4.39 Å².